The summed E-state index contributed by atoms with van der Waals surface area (Å²) in [6.45, 7) is 0.442. The molecule has 72 valence electrons. The highest BCUT2D eigenvalue weighted by Gasteiger charge is 2.26. The third kappa shape index (κ3) is 2.54. The van der Waals surface area contributed by atoms with Crippen molar-refractivity contribution in [2.75, 3.05) is 6.54 Å². The molecular weight excluding hydrogens is 174 g/mol. The molecule has 0 aromatic rings. The molecule has 0 radical (unpaired) electrons. The molecule has 0 bridgehead atoms. The molecule has 0 aromatic heterocycles. The standard InChI is InChI=1S/C8H11NO4/c10-6-2-1-5-9(6)7(11)3-4-8(12)13/h1-5H2,(H,12,13). The summed E-state index contributed by atoms with van der Waals surface area (Å²) in [4.78, 5) is 33.5. The van der Waals surface area contributed by atoms with E-state index in [4.69, 9.17) is 5.11 Å². The Hall–Kier alpha value is -1.39. The molecule has 1 heterocycles. The van der Waals surface area contributed by atoms with E-state index in [1.54, 1.807) is 0 Å². The summed E-state index contributed by atoms with van der Waals surface area (Å²) >= 11 is 0. The first-order chi connectivity index (χ1) is 6.11. The highest BCUT2D eigenvalue weighted by molar-refractivity contribution is 5.97. The van der Waals surface area contributed by atoms with E-state index in [1.807, 2.05) is 0 Å². The average molecular weight is 185 g/mol. The third-order valence-corrected chi connectivity index (χ3v) is 1.93. The van der Waals surface area contributed by atoms with Gasteiger partial charge in [0.2, 0.25) is 11.8 Å². The van der Waals surface area contributed by atoms with Crippen LogP contribution in [0, 0.1) is 0 Å². The molecule has 1 aliphatic rings. The molecule has 0 saturated carbocycles. The molecule has 0 aliphatic carbocycles. The molecule has 0 unspecified atom stereocenters. The highest BCUT2D eigenvalue weighted by atomic mass is 16.4. The number of nitrogens with zero attached hydrogens (tertiary/aromatic N) is 1. The minimum Gasteiger partial charge on any atom is -0.481 e. The van der Waals surface area contributed by atoms with E-state index in [2.05, 4.69) is 0 Å². The first-order valence-electron chi connectivity index (χ1n) is 4.16. The summed E-state index contributed by atoms with van der Waals surface area (Å²) in [5.74, 6) is -1.57. The van der Waals surface area contributed by atoms with Gasteiger partial charge in [-0.15, -0.1) is 0 Å². The zero-order chi connectivity index (χ0) is 9.84. The van der Waals surface area contributed by atoms with Crippen LogP contribution in [0.3, 0.4) is 0 Å². The lowest BCUT2D eigenvalue weighted by Gasteiger charge is -2.11. The summed E-state index contributed by atoms with van der Waals surface area (Å²) in [6, 6.07) is 0. The van der Waals surface area contributed by atoms with E-state index in [1.165, 1.54) is 0 Å². The van der Waals surface area contributed by atoms with Gasteiger partial charge in [0.15, 0.2) is 0 Å². The summed E-state index contributed by atoms with van der Waals surface area (Å²) < 4.78 is 0. The van der Waals surface area contributed by atoms with Crippen LogP contribution < -0.4 is 0 Å². The highest BCUT2D eigenvalue weighted by Crippen LogP contribution is 2.11. The van der Waals surface area contributed by atoms with Crippen molar-refractivity contribution in [3.63, 3.8) is 0 Å². The van der Waals surface area contributed by atoms with Crippen molar-refractivity contribution in [1.82, 2.24) is 4.90 Å². The van der Waals surface area contributed by atoms with E-state index in [0.717, 1.165) is 4.90 Å². The second-order valence-electron chi connectivity index (χ2n) is 2.94. The molecule has 5 heteroatoms. The van der Waals surface area contributed by atoms with Crippen LogP contribution in [0.5, 0.6) is 0 Å². The van der Waals surface area contributed by atoms with E-state index in [-0.39, 0.29) is 24.7 Å². The van der Waals surface area contributed by atoms with Gasteiger partial charge in [-0.25, -0.2) is 0 Å². The lowest BCUT2D eigenvalue weighted by Crippen LogP contribution is -2.31. The number of imide groups is 1. The Bertz CT molecular complexity index is 249. The Kier molecular flexibility index (Phi) is 3.00. The Morgan fingerprint density at radius 2 is 2.08 bits per heavy atom. The number of carboxylic acids is 1. The fourth-order valence-electron chi connectivity index (χ4n) is 1.26. The number of carboxylic acid groups (broad SMARTS) is 1. The molecule has 1 N–H and O–H groups in total. The number of likely N-dealkylation sites (tertiary alicyclic amines) is 1. The van der Waals surface area contributed by atoms with Crippen LogP contribution in [0.2, 0.25) is 0 Å². The number of hydrogen-bond acceptors (Lipinski definition) is 3. The van der Waals surface area contributed by atoms with Gasteiger partial charge in [0.1, 0.15) is 0 Å². The van der Waals surface area contributed by atoms with Gasteiger partial charge in [0.05, 0.1) is 6.42 Å². The molecule has 0 atom stereocenters. The maximum Gasteiger partial charge on any atom is 0.303 e. The molecular formula is C8H11NO4. The fraction of sp³-hybridized carbons (Fsp3) is 0.625. The monoisotopic (exact) mass is 185 g/mol. The SMILES string of the molecule is O=C(O)CCC(=O)N1CCCC1=O. The van der Waals surface area contributed by atoms with Crippen LogP contribution in [-0.2, 0) is 14.4 Å². The Balaban J connectivity index is 2.39. The minimum atomic E-state index is -1.01. The van der Waals surface area contributed by atoms with Crippen molar-refractivity contribution < 1.29 is 19.5 Å². The normalized spacial score (nSPS) is 16.3. The molecule has 0 spiro atoms. The van der Waals surface area contributed by atoms with Crippen molar-refractivity contribution in [3.8, 4) is 0 Å². The number of rotatable bonds is 3. The van der Waals surface area contributed by atoms with Crippen LogP contribution in [0.25, 0.3) is 0 Å². The van der Waals surface area contributed by atoms with E-state index >= 15 is 0 Å². The number of aliphatic carboxylic acids is 1. The summed E-state index contributed by atoms with van der Waals surface area (Å²) in [7, 11) is 0. The second-order valence-corrected chi connectivity index (χ2v) is 2.94. The van der Waals surface area contributed by atoms with Crippen molar-refractivity contribution in [2.24, 2.45) is 0 Å². The third-order valence-electron chi connectivity index (χ3n) is 1.93. The van der Waals surface area contributed by atoms with E-state index in [9.17, 15) is 14.4 Å². The lowest BCUT2D eigenvalue weighted by atomic mass is 10.3. The summed E-state index contributed by atoms with van der Waals surface area (Å²) in [5, 5.41) is 8.32. The van der Waals surface area contributed by atoms with Gasteiger partial charge in [-0.05, 0) is 6.42 Å². The van der Waals surface area contributed by atoms with Crippen LogP contribution >= 0.6 is 0 Å². The van der Waals surface area contributed by atoms with Gasteiger partial charge in [-0.2, -0.15) is 0 Å². The van der Waals surface area contributed by atoms with Gasteiger partial charge in [0.25, 0.3) is 0 Å². The predicted molar refractivity (Wildman–Crippen MR) is 42.8 cm³/mol. The zero-order valence-corrected chi connectivity index (χ0v) is 7.15. The minimum absolute atomic E-state index is 0.0823. The largest absolute Gasteiger partial charge is 0.481 e. The van der Waals surface area contributed by atoms with E-state index < -0.39 is 5.97 Å². The smallest absolute Gasteiger partial charge is 0.303 e. The summed E-state index contributed by atoms with van der Waals surface area (Å²) in [5.41, 5.74) is 0. The molecule has 1 fully saturated rings. The van der Waals surface area contributed by atoms with Crippen molar-refractivity contribution in [1.29, 1.82) is 0 Å². The molecule has 1 saturated heterocycles. The van der Waals surface area contributed by atoms with Crippen LogP contribution in [-0.4, -0.2) is 34.3 Å². The molecule has 1 aliphatic heterocycles. The molecule has 2 amide bonds. The van der Waals surface area contributed by atoms with E-state index in [0.29, 0.717) is 19.4 Å². The summed E-state index contributed by atoms with van der Waals surface area (Å²) in [6.07, 6.45) is 0.806. The topological polar surface area (TPSA) is 74.7 Å². The molecule has 13 heavy (non-hydrogen) atoms. The fourth-order valence-corrected chi connectivity index (χ4v) is 1.26. The number of carbonyl (C=O) groups is 3. The van der Waals surface area contributed by atoms with Gasteiger partial charge >= 0.3 is 5.97 Å². The second kappa shape index (κ2) is 4.02. The quantitative estimate of drug-likeness (QED) is 0.671. The number of amides is 2. The van der Waals surface area contributed by atoms with Gasteiger partial charge in [-0.1, -0.05) is 0 Å². The number of carbonyl (C=O) groups excluding carboxylic acids is 2. The Morgan fingerprint density at radius 3 is 2.54 bits per heavy atom. The van der Waals surface area contributed by atoms with Gasteiger partial charge in [0, 0.05) is 19.4 Å². The van der Waals surface area contributed by atoms with Crippen molar-refractivity contribution >= 4 is 17.8 Å². The maximum atomic E-state index is 11.2. The Morgan fingerprint density at radius 1 is 1.38 bits per heavy atom. The lowest BCUT2D eigenvalue weighted by molar-refractivity contribution is -0.145. The molecule has 5 nitrogen and oxygen atoms in total. The number of hydrogen-bond donors (Lipinski definition) is 1. The van der Waals surface area contributed by atoms with Crippen molar-refractivity contribution in [3.05, 3.63) is 0 Å². The van der Waals surface area contributed by atoms with Crippen LogP contribution in [0.15, 0.2) is 0 Å². The first kappa shape index (κ1) is 9.70. The van der Waals surface area contributed by atoms with Gasteiger partial charge in [-0.3, -0.25) is 19.3 Å². The molecule has 0 aromatic carbocycles. The van der Waals surface area contributed by atoms with Crippen LogP contribution in [0.4, 0.5) is 0 Å². The average Bonchev–Trinajstić information content (AvgIpc) is 2.47. The zero-order valence-electron chi connectivity index (χ0n) is 7.15. The van der Waals surface area contributed by atoms with Crippen molar-refractivity contribution in [2.45, 2.75) is 25.7 Å². The Labute approximate surface area is 75.3 Å². The maximum absolute atomic E-state index is 11.2. The first-order valence-corrected chi connectivity index (χ1v) is 4.16. The predicted octanol–water partition coefficient (Wildman–Crippen LogP) is 0.000200. The van der Waals surface area contributed by atoms with Crippen LogP contribution in [0.1, 0.15) is 25.7 Å². The molecule has 1 rings (SSSR count). The van der Waals surface area contributed by atoms with Gasteiger partial charge < -0.3 is 5.11 Å².